The number of nitrogens with one attached hydrogen (secondary N) is 1. The largest absolute Gasteiger partial charge is 0.479 e. The minimum atomic E-state index is -3.58. The van der Waals surface area contributed by atoms with Gasteiger partial charge in [-0.15, -0.1) is 0 Å². The van der Waals surface area contributed by atoms with Crippen LogP contribution in [-0.2, 0) is 39.6 Å². The summed E-state index contributed by atoms with van der Waals surface area (Å²) in [5.41, 5.74) is -1.89. The maximum Gasteiger partial charge on any atom is 0.342 e. The van der Waals surface area contributed by atoms with Crippen molar-refractivity contribution in [3.8, 4) is 11.1 Å². The molecule has 0 heterocycles. The number of hydrogen-bond donors (Lipinski definition) is 3. The van der Waals surface area contributed by atoms with Gasteiger partial charge in [-0.1, -0.05) is 68.4 Å². The lowest BCUT2D eigenvalue weighted by molar-refractivity contribution is -0.166. The Labute approximate surface area is 240 Å². The van der Waals surface area contributed by atoms with Crippen LogP contribution in [0.1, 0.15) is 58.6 Å². The van der Waals surface area contributed by atoms with Crippen LogP contribution in [0.2, 0.25) is 0 Å². The van der Waals surface area contributed by atoms with E-state index in [4.69, 9.17) is 9.05 Å². The molecule has 0 aliphatic heterocycles. The van der Waals surface area contributed by atoms with Crippen LogP contribution in [0.15, 0.2) is 60.7 Å². The summed E-state index contributed by atoms with van der Waals surface area (Å²) in [5.74, 6) is -4.16. The topological polar surface area (TPSA) is 139 Å². The van der Waals surface area contributed by atoms with Gasteiger partial charge in [-0.25, -0.2) is 9.59 Å². The molecule has 0 aromatic heterocycles. The van der Waals surface area contributed by atoms with E-state index in [0.717, 1.165) is 23.3 Å². The lowest BCUT2D eigenvalue weighted by atomic mass is 9.61. The third kappa shape index (κ3) is 6.22. The molecule has 10 heteroatoms. The van der Waals surface area contributed by atoms with Crippen molar-refractivity contribution in [3.05, 3.63) is 71.8 Å². The molecule has 9 nitrogen and oxygen atoms in total. The van der Waals surface area contributed by atoms with E-state index >= 15 is 0 Å². The third-order valence-electron chi connectivity index (χ3n) is 7.59. The van der Waals surface area contributed by atoms with Gasteiger partial charge in [-0.05, 0) is 65.8 Å². The van der Waals surface area contributed by atoms with Crippen molar-refractivity contribution < 1.29 is 38.2 Å². The summed E-state index contributed by atoms with van der Waals surface area (Å²) in [6.45, 7) is 8.22. The highest BCUT2D eigenvalue weighted by Gasteiger charge is 2.62. The number of carboxylic acid groups (broad SMARTS) is 2. The van der Waals surface area contributed by atoms with E-state index in [-0.39, 0.29) is 32.2 Å². The van der Waals surface area contributed by atoms with Gasteiger partial charge in [0.1, 0.15) is 0 Å². The molecule has 3 N–H and O–H groups in total. The molecule has 1 amide bonds. The Morgan fingerprint density at radius 1 is 0.805 bits per heavy atom. The third-order valence-corrected chi connectivity index (χ3v) is 9.64. The number of aliphatic carboxylic acids is 2. The van der Waals surface area contributed by atoms with Gasteiger partial charge in [-0.3, -0.25) is 9.36 Å². The Bertz CT molecular complexity index is 1460. The van der Waals surface area contributed by atoms with E-state index in [9.17, 15) is 29.2 Å². The Balaban J connectivity index is 2.40. The Morgan fingerprint density at radius 3 is 1.90 bits per heavy atom. The SMILES string of the molecule is CCOP(=O)(Cc1cc(-c2ccc3ccccc3c2)cc(C(CC)(CC)C(NC(C)=O)(C(=O)O)C(=O)O)c1)OCC. The van der Waals surface area contributed by atoms with E-state index in [2.05, 4.69) is 5.32 Å². The zero-order valence-electron chi connectivity index (χ0n) is 24.1. The van der Waals surface area contributed by atoms with Gasteiger partial charge in [-0.2, -0.15) is 0 Å². The molecular formula is C31H38NO8P. The van der Waals surface area contributed by atoms with E-state index in [1.807, 2.05) is 48.5 Å². The van der Waals surface area contributed by atoms with Crippen molar-refractivity contribution in [1.82, 2.24) is 5.32 Å². The van der Waals surface area contributed by atoms with Crippen molar-refractivity contribution in [2.24, 2.45) is 0 Å². The Hall–Kier alpha value is -3.52. The average molecular weight is 584 g/mol. The lowest BCUT2D eigenvalue weighted by Gasteiger charge is -2.45. The molecule has 0 saturated carbocycles. The summed E-state index contributed by atoms with van der Waals surface area (Å²) < 4.78 is 24.7. The summed E-state index contributed by atoms with van der Waals surface area (Å²) >= 11 is 0. The molecule has 0 bridgehead atoms. The summed E-state index contributed by atoms with van der Waals surface area (Å²) in [6.07, 6.45) is 0.0229. The fourth-order valence-corrected chi connectivity index (χ4v) is 7.41. The summed E-state index contributed by atoms with van der Waals surface area (Å²) in [7, 11) is -3.58. The van der Waals surface area contributed by atoms with Crippen LogP contribution in [0, 0.1) is 0 Å². The zero-order valence-corrected chi connectivity index (χ0v) is 25.0. The number of hydrogen-bond acceptors (Lipinski definition) is 6. The summed E-state index contributed by atoms with van der Waals surface area (Å²) in [4.78, 5) is 38.0. The van der Waals surface area contributed by atoms with E-state index in [1.54, 1.807) is 39.8 Å². The van der Waals surface area contributed by atoms with E-state index in [0.29, 0.717) is 16.7 Å². The maximum atomic E-state index is 13.6. The Kier molecular flexibility index (Phi) is 10.1. The number of fused-ring (bicyclic) bond motifs is 1. The van der Waals surface area contributed by atoms with Crippen molar-refractivity contribution >= 4 is 36.2 Å². The highest BCUT2D eigenvalue weighted by Crippen LogP contribution is 2.52. The number of benzene rings is 3. The highest BCUT2D eigenvalue weighted by atomic mass is 31.2. The molecule has 0 radical (unpaired) electrons. The number of carboxylic acids is 2. The minimum Gasteiger partial charge on any atom is -0.479 e. The fraction of sp³-hybridized carbons (Fsp3) is 0.387. The van der Waals surface area contributed by atoms with Crippen LogP contribution in [0.4, 0.5) is 0 Å². The summed E-state index contributed by atoms with van der Waals surface area (Å²) in [5, 5.41) is 25.1. The molecule has 0 aliphatic rings. The van der Waals surface area contributed by atoms with Crippen molar-refractivity contribution in [3.63, 3.8) is 0 Å². The first-order valence-corrected chi connectivity index (χ1v) is 15.4. The second-order valence-electron chi connectivity index (χ2n) is 9.92. The van der Waals surface area contributed by atoms with Gasteiger partial charge in [0, 0.05) is 12.3 Å². The van der Waals surface area contributed by atoms with E-state index < -0.39 is 36.4 Å². The second kappa shape index (κ2) is 13.0. The Morgan fingerprint density at radius 2 is 1.39 bits per heavy atom. The molecule has 0 atom stereocenters. The maximum absolute atomic E-state index is 13.6. The van der Waals surface area contributed by atoms with Gasteiger partial charge < -0.3 is 24.6 Å². The van der Waals surface area contributed by atoms with Gasteiger partial charge >= 0.3 is 19.5 Å². The number of rotatable bonds is 14. The first-order valence-electron chi connectivity index (χ1n) is 13.7. The van der Waals surface area contributed by atoms with Crippen LogP contribution < -0.4 is 5.32 Å². The number of carbonyl (C=O) groups is 3. The van der Waals surface area contributed by atoms with Crippen LogP contribution >= 0.6 is 7.60 Å². The van der Waals surface area contributed by atoms with Crippen LogP contribution in [-0.4, -0.2) is 46.8 Å². The first kappa shape index (κ1) is 32.0. The smallest absolute Gasteiger partial charge is 0.342 e. The zero-order chi connectivity index (χ0) is 30.4. The minimum absolute atomic E-state index is 0.0670. The van der Waals surface area contributed by atoms with Crippen LogP contribution in [0.25, 0.3) is 21.9 Å². The summed E-state index contributed by atoms with van der Waals surface area (Å²) in [6, 6.07) is 18.9. The molecule has 0 saturated heterocycles. The fourth-order valence-electron chi connectivity index (χ4n) is 5.74. The number of carbonyl (C=O) groups excluding carboxylic acids is 1. The predicted octanol–water partition coefficient (Wildman–Crippen LogP) is 6.37. The number of amides is 1. The van der Waals surface area contributed by atoms with Crippen molar-refractivity contribution in [2.75, 3.05) is 13.2 Å². The van der Waals surface area contributed by atoms with Crippen molar-refractivity contribution in [2.45, 2.75) is 64.6 Å². The van der Waals surface area contributed by atoms with Gasteiger partial charge in [0.15, 0.2) is 0 Å². The standard InChI is InChI=1S/C31H38NO8P/c1-6-30(7-2,31(28(34)35,29(36)37)32-21(5)33)27-17-22(20-41(38,39-8-3)40-9-4)16-26(19-27)25-15-14-23-12-10-11-13-24(23)18-25/h10-19H,6-9,20H2,1-5H3,(H,32,33)(H,34,35)(H,36,37). The molecule has 220 valence electrons. The molecular weight excluding hydrogens is 545 g/mol. The predicted molar refractivity (Wildman–Crippen MR) is 158 cm³/mol. The average Bonchev–Trinajstić information content (AvgIpc) is 2.92. The quantitative estimate of drug-likeness (QED) is 0.147. The first-order chi connectivity index (χ1) is 19.4. The second-order valence-corrected chi connectivity index (χ2v) is 12.0. The normalized spacial score (nSPS) is 12.3. The van der Waals surface area contributed by atoms with Gasteiger partial charge in [0.2, 0.25) is 11.4 Å². The van der Waals surface area contributed by atoms with Crippen LogP contribution in [0.3, 0.4) is 0 Å². The molecule has 3 aromatic carbocycles. The van der Waals surface area contributed by atoms with Crippen LogP contribution in [0.5, 0.6) is 0 Å². The van der Waals surface area contributed by atoms with Crippen molar-refractivity contribution in [1.29, 1.82) is 0 Å². The molecule has 0 spiro atoms. The molecule has 3 rings (SSSR count). The monoisotopic (exact) mass is 583 g/mol. The lowest BCUT2D eigenvalue weighted by Crippen LogP contribution is -2.71. The molecule has 41 heavy (non-hydrogen) atoms. The molecule has 0 aliphatic carbocycles. The highest BCUT2D eigenvalue weighted by molar-refractivity contribution is 7.53. The molecule has 3 aromatic rings. The van der Waals surface area contributed by atoms with Gasteiger partial charge in [0.25, 0.3) is 0 Å². The van der Waals surface area contributed by atoms with Gasteiger partial charge in [0.05, 0.1) is 19.4 Å². The molecule has 0 fully saturated rings. The van der Waals surface area contributed by atoms with E-state index in [1.165, 1.54) is 0 Å². The molecule has 0 unspecified atom stereocenters.